The van der Waals surface area contributed by atoms with Gasteiger partial charge in [0.15, 0.2) is 6.10 Å². The summed E-state index contributed by atoms with van der Waals surface area (Å²) in [4.78, 5) is 38.3. The van der Waals surface area contributed by atoms with Crippen LogP contribution in [0.2, 0.25) is 0 Å². The first kappa shape index (κ1) is 73.8. The number of carbonyl (C=O) groups excluding carboxylic acids is 3. The molecule has 0 saturated carbocycles. The Bertz CT molecular complexity index is 1420. The van der Waals surface area contributed by atoms with Crippen molar-refractivity contribution in [2.75, 3.05) is 13.2 Å². The molecule has 0 aliphatic heterocycles. The van der Waals surface area contributed by atoms with Crippen molar-refractivity contribution in [3.63, 3.8) is 0 Å². The van der Waals surface area contributed by atoms with Gasteiger partial charge in [-0.3, -0.25) is 14.4 Å². The first-order valence-corrected chi connectivity index (χ1v) is 33.4. The molecule has 0 amide bonds. The molecule has 0 aliphatic carbocycles. The monoisotopic (exact) mass is 1070 g/mol. The molecule has 0 radical (unpaired) electrons. The molecule has 0 rings (SSSR count). The van der Waals surface area contributed by atoms with E-state index in [0.717, 1.165) is 96.3 Å². The Labute approximate surface area is 478 Å². The second-order valence-corrected chi connectivity index (χ2v) is 22.4. The average molecular weight is 1080 g/mol. The fraction of sp³-hybridized carbons (Fsp3) is 0.789. The van der Waals surface area contributed by atoms with Gasteiger partial charge < -0.3 is 14.2 Å². The van der Waals surface area contributed by atoms with Gasteiger partial charge >= 0.3 is 17.9 Å². The van der Waals surface area contributed by atoms with Crippen LogP contribution in [-0.2, 0) is 28.6 Å². The molecule has 0 aliphatic rings. The van der Waals surface area contributed by atoms with Crippen LogP contribution >= 0.6 is 0 Å². The third-order valence-corrected chi connectivity index (χ3v) is 14.7. The number of ether oxygens (including phenoxy) is 3. The van der Waals surface area contributed by atoms with E-state index in [9.17, 15) is 14.4 Å². The summed E-state index contributed by atoms with van der Waals surface area (Å²) in [5.41, 5.74) is 0. The van der Waals surface area contributed by atoms with Crippen LogP contribution in [-0.4, -0.2) is 37.2 Å². The molecule has 0 aromatic carbocycles. The highest BCUT2D eigenvalue weighted by Crippen LogP contribution is 2.17. The van der Waals surface area contributed by atoms with Crippen molar-refractivity contribution in [1.82, 2.24) is 0 Å². The summed E-state index contributed by atoms with van der Waals surface area (Å²) in [6.07, 6.45) is 84.9. The molecule has 77 heavy (non-hydrogen) atoms. The van der Waals surface area contributed by atoms with Crippen LogP contribution in [0, 0.1) is 0 Å². The lowest BCUT2D eigenvalue weighted by molar-refractivity contribution is -0.167. The van der Waals surface area contributed by atoms with Gasteiger partial charge in [0, 0.05) is 19.3 Å². The van der Waals surface area contributed by atoms with Crippen LogP contribution in [0.3, 0.4) is 0 Å². The lowest BCUT2D eigenvalue weighted by Crippen LogP contribution is -2.30. The van der Waals surface area contributed by atoms with Crippen molar-refractivity contribution in [3.8, 4) is 0 Å². The number of hydrogen-bond acceptors (Lipinski definition) is 6. The summed E-state index contributed by atoms with van der Waals surface area (Å²) >= 11 is 0. The minimum Gasteiger partial charge on any atom is -0.462 e. The van der Waals surface area contributed by atoms with Gasteiger partial charge in [-0.15, -0.1) is 0 Å². The third-order valence-electron chi connectivity index (χ3n) is 14.7. The summed E-state index contributed by atoms with van der Waals surface area (Å²) in [6.45, 7) is 6.57. The van der Waals surface area contributed by atoms with E-state index in [1.54, 1.807) is 0 Å². The molecule has 0 aromatic rings. The zero-order valence-electron chi connectivity index (χ0n) is 51.2. The average Bonchev–Trinajstić information content (AvgIpc) is 3.43. The second kappa shape index (κ2) is 65.4. The standard InChI is InChI=1S/C71H126O6/c1-4-7-10-13-16-19-22-24-26-28-29-30-31-32-33-34-35-36-37-38-39-40-41-43-44-46-49-52-55-58-61-64-70(73)76-67-68(66-75-69(72)63-60-57-54-51-48-21-18-15-12-9-6-3)77-71(74)65-62-59-56-53-50-47-45-42-27-25-23-20-17-14-11-8-5-2/h7,10,16,19,24,26,29-30,32-33,35-36,68H,4-6,8-9,11-15,17-18,20-23,25,27-28,31,34,37-67H2,1-3H3/b10-7-,19-16-,26-24-,30-29-,33-32-,36-35-. The molecule has 1 atom stereocenters. The van der Waals surface area contributed by atoms with Gasteiger partial charge in [-0.2, -0.15) is 0 Å². The number of hydrogen-bond donors (Lipinski definition) is 0. The van der Waals surface area contributed by atoms with E-state index in [1.807, 2.05) is 0 Å². The maximum Gasteiger partial charge on any atom is 0.306 e. The van der Waals surface area contributed by atoms with E-state index >= 15 is 0 Å². The Hall–Kier alpha value is -3.15. The van der Waals surface area contributed by atoms with E-state index in [-0.39, 0.29) is 31.1 Å². The maximum absolute atomic E-state index is 12.9. The Morgan fingerprint density at radius 3 is 0.792 bits per heavy atom. The van der Waals surface area contributed by atoms with E-state index in [2.05, 4.69) is 93.7 Å². The Morgan fingerprint density at radius 2 is 0.506 bits per heavy atom. The van der Waals surface area contributed by atoms with Crippen LogP contribution in [0.15, 0.2) is 72.9 Å². The minimum absolute atomic E-state index is 0.0694. The van der Waals surface area contributed by atoms with Crippen LogP contribution in [0.5, 0.6) is 0 Å². The number of allylic oxidation sites excluding steroid dienone is 12. The third kappa shape index (κ3) is 63.6. The zero-order valence-corrected chi connectivity index (χ0v) is 51.2. The summed E-state index contributed by atoms with van der Waals surface area (Å²) < 4.78 is 16.9. The first-order chi connectivity index (χ1) is 38.0. The van der Waals surface area contributed by atoms with Crippen LogP contribution < -0.4 is 0 Å². The number of carbonyl (C=O) groups is 3. The highest BCUT2D eigenvalue weighted by molar-refractivity contribution is 5.71. The van der Waals surface area contributed by atoms with Crippen molar-refractivity contribution in [2.24, 2.45) is 0 Å². The van der Waals surface area contributed by atoms with Crippen molar-refractivity contribution in [1.29, 1.82) is 0 Å². The highest BCUT2D eigenvalue weighted by atomic mass is 16.6. The molecule has 0 N–H and O–H groups in total. The highest BCUT2D eigenvalue weighted by Gasteiger charge is 2.19. The van der Waals surface area contributed by atoms with E-state index in [0.29, 0.717) is 19.3 Å². The molecule has 0 fully saturated rings. The van der Waals surface area contributed by atoms with Gasteiger partial charge in [-0.05, 0) is 70.6 Å². The topological polar surface area (TPSA) is 78.9 Å². The van der Waals surface area contributed by atoms with Gasteiger partial charge in [0.2, 0.25) is 0 Å². The smallest absolute Gasteiger partial charge is 0.306 e. The zero-order chi connectivity index (χ0) is 55.7. The lowest BCUT2D eigenvalue weighted by Gasteiger charge is -2.18. The van der Waals surface area contributed by atoms with Crippen LogP contribution in [0.1, 0.15) is 342 Å². The molecule has 0 bridgehead atoms. The van der Waals surface area contributed by atoms with Crippen molar-refractivity contribution in [2.45, 2.75) is 348 Å². The molecule has 6 heteroatoms. The van der Waals surface area contributed by atoms with E-state index < -0.39 is 6.10 Å². The number of rotatable bonds is 61. The molecule has 6 nitrogen and oxygen atoms in total. The maximum atomic E-state index is 12.9. The lowest BCUT2D eigenvalue weighted by atomic mass is 10.0. The molecule has 446 valence electrons. The number of unbranched alkanes of at least 4 members (excludes halogenated alkanes) is 38. The molecular weight excluding hydrogens is 949 g/mol. The van der Waals surface area contributed by atoms with E-state index in [4.69, 9.17) is 14.2 Å². The fourth-order valence-electron chi connectivity index (χ4n) is 9.74. The van der Waals surface area contributed by atoms with Crippen LogP contribution in [0.4, 0.5) is 0 Å². The normalized spacial score (nSPS) is 12.5. The van der Waals surface area contributed by atoms with Gasteiger partial charge in [0.25, 0.3) is 0 Å². The minimum atomic E-state index is -0.771. The molecular formula is C71H126O6. The summed E-state index contributed by atoms with van der Waals surface area (Å²) in [7, 11) is 0. The summed E-state index contributed by atoms with van der Waals surface area (Å²) in [5, 5.41) is 0. The number of esters is 3. The molecule has 0 aromatic heterocycles. The SMILES string of the molecule is CC/C=C\C/C=C\C/C=C\C/C=C\C/C=C\C/C=C\CCCCCCCCCCCCCCC(=O)OCC(COC(=O)CCCCCCCCCCCCC)OC(=O)CCCCCCCCCCCCCCCCCCC. The summed E-state index contributed by atoms with van der Waals surface area (Å²) in [6, 6.07) is 0. The molecule has 0 saturated heterocycles. The largest absolute Gasteiger partial charge is 0.462 e. The predicted molar refractivity (Wildman–Crippen MR) is 335 cm³/mol. The molecule has 1 unspecified atom stereocenters. The Kier molecular flexibility index (Phi) is 62.7. The Morgan fingerprint density at radius 1 is 0.273 bits per heavy atom. The second-order valence-electron chi connectivity index (χ2n) is 22.4. The summed E-state index contributed by atoms with van der Waals surface area (Å²) in [5.74, 6) is -0.852. The van der Waals surface area contributed by atoms with Gasteiger partial charge in [-0.25, -0.2) is 0 Å². The fourth-order valence-corrected chi connectivity index (χ4v) is 9.74. The van der Waals surface area contributed by atoms with Crippen molar-refractivity contribution >= 4 is 17.9 Å². The predicted octanol–water partition coefficient (Wildman–Crippen LogP) is 22.9. The van der Waals surface area contributed by atoms with E-state index in [1.165, 1.54) is 205 Å². The van der Waals surface area contributed by atoms with Gasteiger partial charge in [-0.1, -0.05) is 325 Å². The molecule has 0 heterocycles. The van der Waals surface area contributed by atoms with Gasteiger partial charge in [0.05, 0.1) is 0 Å². The first-order valence-electron chi connectivity index (χ1n) is 33.4. The van der Waals surface area contributed by atoms with Crippen molar-refractivity contribution in [3.05, 3.63) is 72.9 Å². The quantitative estimate of drug-likeness (QED) is 0.0261. The van der Waals surface area contributed by atoms with Gasteiger partial charge in [0.1, 0.15) is 13.2 Å². The van der Waals surface area contributed by atoms with Crippen molar-refractivity contribution < 1.29 is 28.6 Å². The molecule has 0 spiro atoms. The van der Waals surface area contributed by atoms with Crippen LogP contribution in [0.25, 0.3) is 0 Å². The Balaban J connectivity index is 4.17.